The molecule has 0 radical (unpaired) electrons. The highest BCUT2D eigenvalue weighted by molar-refractivity contribution is 7.45. The number of phosphoric acid groups is 1. The van der Waals surface area contributed by atoms with Crippen molar-refractivity contribution < 1.29 is 32.9 Å². The number of rotatable bonds is 57. The molecule has 0 aliphatic rings. The molecule has 452 valence electrons. The molecule has 3 unspecified atom stereocenters. The number of likely N-dealkylation sites (N-methyl/N-ethyl adjacent to an activating group) is 1. The summed E-state index contributed by atoms with van der Waals surface area (Å²) in [6.07, 6.45) is 89.6. The second-order valence-corrected chi connectivity index (χ2v) is 23.8. The maximum Gasteiger partial charge on any atom is 0.268 e. The SMILES string of the molecule is CC/C=C\C/C=C\C/C=C\C/C=C\C/C=C\C/C=C\C/C=C\C/C=C\C/C=C\C/C=C\CCCCCCCCC(=O)NC(COP(=O)([O-])OCC[N+](C)(C)C)C(O)/C=C/CCCCCCCCCCCCCCCCCCCC. The highest BCUT2D eigenvalue weighted by Gasteiger charge is 2.23. The van der Waals surface area contributed by atoms with Gasteiger partial charge in [-0.3, -0.25) is 9.36 Å². The maximum atomic E-state index is 13.0. The Morgan fingerprint density at radius 3 is 1.13 bits per heavy atom. The van der Waals surface area contributed by atoms with Crippen LogP contribution >= 0.6 is 7.82 Å². The van der Waals surface area contributed by atoms with Gasteiger partial charge in [0.15, 0.2) is 0 Å². The van der Waals surface area contributed by atoms with Gasteiger partial charge in [0.05, 0.1) is 39.9 Å². The van der Waals surface area contributed by atoms with E-state index in [0.717, 1.165) is 128 Å². The summed E-state index contributed by atoms with van der Waals surface area (Å²) >= 11 is 0. The van der Waals surface area contributed by atoms with Gasteiger partial charge in [-0.05, 0) is 96.3 Å². The van der Waals surface area contributed by atoms with Gasteiger partial charge in [-0.2, -0.15) is 0 Å². The number of quaternary nitrogens is 1. The van der Waals surface area contributed by atoms with Crippen LogP contribution in [0, 0.1) is 0 Å². The number of amides is 1. The van der Waals surface area contributed by atoms with Crippen molar-refractivity contribution in [3.63, 3.8) is 0 Å². The summed E-state index contributed by atoms with van der Waals surface area (Å²) in [5.74, 6) is -0.216. The van der Waals surface area contributed by atoms with Crippen LogP contribution < -0.4 is 10.2 Å². The van der Waals surface area contributed by atoms with Crippen molar-refractivity contribution in [3.05, 3.63) is 134 Å². The van der Waals surface area contributed by atoms with Crippen molar-refractivity contribution in [2.75, 3.05) is 40.9 Å². The molecule has 0 aliphatic heterocycles. The van der Waals surface area contributed by atoms with Crippen LogP contribution in [0.25, 0.3) is 0 Å². The summed E-state index contributed by atoms with van der Waals surface area (Å²) in [7, 11) is 1.24. The average Bonchev–Trinajstić information content (AvgIpc) is 3.42. The minimum absolute atomic E-state index is 0.0106. The summed E-state index contributed by atoms with van der Waals surface area (Å²) < 4.78 is 23.4. The first-order valence-corrected chi connectivity index (χ1v) is 33.5. The smallest absolute Gasteiger partial charge is 0.268 e. The number of carbonyl (C=O) groups excluding carboxylic acids is 1. The zero-order valence-corrected chi connectivity index (χ0v) is 52.4. The second-order valence-electron chi connectivity index (χ2n) is 22.4. The topological polar surface area (TPSA) is 108 Å². The number of nitrogens with one attached hydrogen (secondary N) is 1. The van der Waals surface area contributed by atoms with Crippen LogP contribution in [0.4, 0.5) is 0 Å². The number of unbranched alkanes of at least 4 members (excludes halogenated alkanes) is 24. The standard InChI is InChI=1S/C70H121N2O6P/c1-6-8-10-12-14-16-18-20-22-24-26-28-29-30-31-32-33-34-35-36-37-38-39-40-41-42-43-44-46-48-50-52-54-56-58-60-62-64-70(74)71-68(67-78-79(75,76)77-66-65-72(3,4)5)69(73)63-61-59-57-55-53-51-49-47-45-27-25-23-21-19-17-15-13-11-9-7-2/h8,10,14,16,20,22,26,28,30-31,33-34,36-37,39-40,42-43,46,48,61,63,68-69,73H,6-7,9,11-13,15,17-19,21,23-25,27,29,32,35,38,41,44-45,47,49-60,62,64-67H2,1-5H3,(H-,71,74,75,76)/b10-8-,16-14-,22-20-,28-26-,31-30-,34-33-,37-36-,40-39-,43-42-,48-46-,63-61+. The first-order chi connectivity index (χ1) is 38.5. The Morgan fingerprint density at radius 2 is 0.772 bits per heavy atom. The van der Waals surface area contributed by atoms with Gasteiger partial charge >= 0.3 is 0 Å². The first kappa shape index (κ1) is 75.6. The molecule has 8 nitrogen and oxygen atoms in total. The Hall–Kier alpha value is -3.36. The van der Waals surface area contributed by atoms with Gasteiger partial charge < -0.3 is 28.8 Å². The lowest BCUT2D eigenvalue weighted by atomic mass is 10.0. The molecular formula is C70H121N2O6P. The van der Waals surface area contributed by atoms with E-state index in [2.05, 4.69) is 141 Å². The Kier molecular flexibility index (Phi) is 56.7. The molecule has 0 saturated heterocycles. The number of nitrogens with zero attached hydrogens (tertiary/aromatic N) is 1. The number of aliphatic hydroxyl groups excluding tert-OH is 1. The lowest BCUT2D eigenvalue weighted by molar-refractivity contribution is -0.870. The molecule has 0 bridgehead atoms. The molecule has 0 aromatic heterocycles. The van der Waals surface area contributed by atoms with E-state index < -0.39 is 26.6 Å². The highest BCUT2D eigenvalue weighted by Crippen LogP contribution is 2.38. The molecule has 0 aromatic rings. The van der Waals surface area contributed by atoms with Crippen molar-refractivity contribution in [2.45, 2.75) is 264 Å². The lowest BCUT2D eigenvalue weighted by Gasteiger charge is -2.29. The number of hydrogen-bond acceptors (Lipinski definition) is 6. The molecule has 0 aliphatic carbocycles. The van der Waals surface area contributed by atoms with Gasteiger partial charge in [0, 0.05) is 6.42 Å². The molecule has 3 atom stereocenters. The van der Waals surface area contributed by atoms with Gasteiger partial charge in [-0.15, -0.1) is 0 Å². The Bertz CT molecular complexity index is 1750. The van der Waals surface area contributed by atoms with Crippen molar-refractivity contribution >= 4 is 13.7 Å². The Morgan fingerprint density at radius 1 is 0.456 bits per heavy atom. The maximum absolute atomic E-state index is 13.0. The van der Waals surface area contributed by atoms with Crippen molar-refractivity contribution in [1.82, 2.24) is 5.32 Å². The van der Waals surface area contributed by atoms with E-state index in [9.17, 15) is 19.4 Å². The normalized spacial score (nSPS) is 14.7. The third kappa shape index (κ3) is 62.1. The summed E-state index contributed by atoms with van der Waals surface area (Å²) in [6, 6.07) is -0.905. The van der Waals surface area contributed by atoms with Crippen LogP contribution in [-0.2, 0) is 18.4 Å². The number of carbonyl (C=O) groups is 1. The summed E-state index contributed by atoms with van der Waals surface area (Å²) in [6.45, 7) is 4.53. The number of allylic oxidation sites excluding steroid dienone is 21. The van der Waals surface area contributed by atoms with Gasteiger partial charge in [0.2, 0.25) is 5.91 Å². The summed E-state index contributed by atoms with van der Waals surface area (Å²) in [5, 5.41) is 13.9. The number of hydrogen-bond donors (Lipinski definition) is 2. The van der Waals surface area contributed by atoms with E-state index in [1.54, 1.807) is 6.08 Å². The van der Waals surface area contributed by atoms with Gasteiger partial charge in [-0.1, -0.05) is 282 Å². The fourth-order valence-corrected chi connectivity index (χ4v) is 9.38. The fraction of sp³-hybridized carbons (Fsp3) is 0.671. The predicted octanol–water partition coefficient (Wildman–Crippen LogP) is 19.6. The van der Waals surface area contributed by atoms with Crippen LogP contribution in [0.2, 0.25) is 0 Å². The largest absolute Gasteiger partial charge is 0.756 e. The first-order valence-electron chi connectivity index (χ1n) is 32.0. The molecular weight excluding hydrogens is 996 g/mol. The van der Waals surface area contributed by atoms with Gasteiger partial charge in [-0.25, -0.2) is 0 Å². The monoisotopic (exact) mass is 1120 g/mol. The average molecular weight is 1120 g/mol. The molecule has 0 rings (SSSR count). The highest BCUT2D eigenvalue weighted by atomic mass is 31.2. The van der Waals surface area contributed by atoms with E-state index in [0.29, 0.717) is 17.4 Å². The lowest BCUT2D eigenvalue weighted by Crippen LogP contribution is -2.45. The Balaban J connectivity index is 4.22. The molecule has 0 spiro atoms. The van der Waals surface area contributed by atoms with Gasteiger partial charge in [0.1, 0.15) is 13.2 Å². The van der Waals surface area contributed by atoms with E-state index in [4.69, 9.17) is 9.05 Å². The Labute approximate surface area is 487 Å². The van der Waals surface area contributed by atoms with E-state index >= 15 is 0 Å². The van der Waals surface area contributed by atoms with Crippen molar-refractivity contribution in [3.8, 4) is 0 Å². The molecule has 0 fully saturated rings. The van der Waals surface area contributed by atoms with Crippen LogP contribution in [-0.4, -0.2) is 68.5 Å². The van der Waals surface area contributed by atoms with Crippen LogP contribution in [0.1, 0.15) is 251 Å². The zero-order valence-electron chi connectivity index (χ0n) is 51.5. The molecule has 2 N–H and O–H groups in total. The van der Waals surface area contributed by atoms with E-state index in [1.165, 1.54) is 103 Å². The van der Waals surface area contributed by atoms with Crippen molar-refractivity contribution in [2.24, 2.45) is 0 Å². The predicted molar refractivity (Wildman–Crippen MR) is 343 cm³/mol. The second kappa shape index (κ2) is 59.3. The van der Waals surface area contributed by atoms with E-state index in [-0.39, 0.29) is 12.5 Å². The minimum atomic E-state index is -4.61. The zero-order chi connectivity index (χ0) is 57.7. The quantitative estimate of drug-likeness (QED) is 0.0272. The summed E-state index contributed by atoms with van der Waals surface area (Å²) in [5.41, 5.74) is 0. The molecule has 0 saturated carbocycles. The third-order valence-corrected chi connectivity index (χ3v) is 14.6. The van der Waals surface area contributed by atoms with Crippen LogP contribution in [0.5, 0.6) is 0 Å². The molecule has 79 heavy (non-hydrogen) atoms. The van der Waals surface area contributed by atoms with Crippen molar-refractivity contribution in [1.29, 1.82) is 0 Å². The number of aliphatic hydroxyl groups is 1. The molecule has 9 heteroatoms. The summed E-state index contributed by atoms with van der Waals surface area (Å²) in [4.78, 5) is 25.6. The van der Waals surface area contributed by atoms with Crippen LogP contribution in [0.3, 0.4) is 0 Å². The molecule has 1 amide bonds. The minimum Gasteiger partial charge on any atom is -0.756 e. The fourth-order valence-electron chi connectivity index (χ4n) is 8.65. The van der Waals surface area contributed by atoms with Gasteiger partial charge in [0.25, 0.3) is 7.82 Å². The molecule has 0 aromatic carbocycles. The van der Waals surface area contributed by atoms with Crippen LogP contribution in [0.15, 0.2) is 134 Å². The third-order valence-electron chi connectivity index (χ3n) is 13.6. The van der Waals surface area contributed by atoms with E-state index in [1.807, 2.05) is 27.2 Å². The molecule has 0 heterocycles. The number of phosphoric ester groups is 1.